The molecule has 88 valence electrons. The van der Waals surface area contributed by atoms with E-state index in [0.717, 1.165) is 0 Å². The van der Waals surface area contributed by atoms with Crippen LogP contribution in [0.2, 0.25) is 0 Å². The Bertz CT molecular complexity index is 375. The molecule has 1 saturated carbocycles. The molecule has 0 amide bonds. The highest BCUT2D eigenvalue weighted by molar-refractivity contribution is 5.95. The lowest BCUT2D eigenvalue weighted by molar-refractivity contribution is -0.170. The molecule has 1 saturated heterocycles. The Labute approximate surface area is 92.7 Å². The van der Waals surface area contributed by atoms with Gasteiger partial charge in [-0.25, -0.2) is 0 Å². The van der Waals surface area contributed by atoms with Gasteiger partial charge in [0, 0.05) is 6.42 Å². The van der Waals surface area contributed by atoms with Crippen LogP contribution in [0.3, 0.4) is 0 Å². The van der Waals surface area contributed by atoms with E-state index in [1.165, 1.54) is 0 Å². The molecule has 0 aromatic carbocycles. The van der Waals surface area contributed by atoms with Crippen molar-refractivity contribution in [3.8, 4) is 0 Å². The molecule has 2 N–H and O–H groups in total. The van der Waals surface area contributed by atoms with Crippen LogP contribution in [0.5, 0.6) is 0 Å². The zero-order valence-corrected chi connectivity index (χ0v) is 8.97. The van der Waals surface area contributed by atoms with Crippen molar-refractivity contribution in [2.24, 2.45) is 11.3 Å². The fraction of sp³-hybridized carbons (Fsp3) is 0.636. The minimum Gasteiger partial charge on any atom is -0.428 e. The van der Waals surface area contributed by atoms with Crippen molar-refractivity contribution in [1.29, 1.82) is 0 Å². The largest absolute Gasteiger partial charge is 0.428 e. The molecule has 0 bridgehead atoms. The summed E-state index contributed by atoms with van der Waals surface area (Å²) in [4.78, 5) is 23.3. The van der Waals surface area contributed by atoms with Crippen molar-refractivity contribution in [2.75, 3.05) is 0 Å². The Morgan fingerprint density at radius 2 is 2.00 bits per heavy atom. The van der Waals surface area contributed by atoms with Crippen LogP contribution >= 0.6 is 0 Å². The first-order valence-corrected chi connectivity index (χ1v) is 5.22. The summed E-state index contributed by atoms with van der Waals surface area (Å²) in [6.45, 7) is 5.13. The highest BCUT2D eigenvalue weighted by Gasteiger charge is 2.65. The summed E-state index contributed by atoms with van der Waals surface area (Å²) in [7, 11) is 0. The van der Waals surface area contributed by atoms with Gasteiger partial charge in [0.2, 0.25) is 0 Å². The van der Waals surface area contributed by atoms with E-state index in [2.05, 4.69) is 6.58 Å². The zero-order chi connectivity index (χ0) is 12.1. The van der Waals surface area contributed by atoms with Gasteiger partial charge in [0.25, 0.3) is 0 Å². The molecule has 4 atom stereocenters. The molecule has 1 spiro atoms. The predicted octanol–water partition coefficient (Wildman–Crippen LogP) is -0.236. The van der Waals surface area contributed by atoms with Gasteiger partial charge < -0.3 is 14.9 Å². The summed E-state index contributed by atoms with van der Waals surface area (Å²) < 4.78 is 4.76. The number of Topliss-reactive ketones (excluding diaryl/α,β-unsaturated/α-hetero) is 1. The Kier molecular flexibility index (Phi) is 2.40. The van der Waals surface area contributed by atoms with Gasteiger partial charge in [-0.1, -0.05) is 13.5 Å². The third-order valence-corrected chi connectivity index (χ3v) is 3.73. The fourth-order valence-electron chi connectivity index (χ4n) is 2.64. The number of aliphatic hydroxyl groups excluding tert-OH is 2. The highest BCUT2D eigenvalue weighted by atomic mass is 16.6. The molecule has 16 heavy (non-hydrogen) atoms. The Hall–Kier alpha value is -1.20. The maximum absolute atomic E-state index is 11.8. The van der Waals surface area contributed by atoms with Crippen molar-refractivity contribution in [3.63, 3.8) is 0 Å². The molecule has 2 fully saturated rings. The molecule has 1 aliphatic heterocycles. The predicted molar refractivity (Wildman–Crippen MR) is 53.1 cm³/mol. The fourth-order valence-corrected chi connectivity index (χ4v) is 2.64. The van der Waals surface area contributed by atoms with E-state index >= 15 is 0 Å². The van der Waals surface area contributed by atoms with Gasteiger partial charge >= 0.3 is 5.97 Å². The molecule has 1 aliphatic carbocycles. The Morgan fingerprint density at radius 1 is 1.38 bits per heavy atom. The molecule has 2 aliphatic rings. The van der Waals surface area contributed by atoms with E-state index in [-0.39, 0.29) is 18.1 Å². The topological polar surface area (TPSA) is 83.8 Å². The number of hydrogen-bond donors (Lipinski definition) is 2. The number of aliphatic hydroxyl groups is 2. The number of ketones is 1. The van der Waals surface area contributed by atoms with Crippen LogP contribution in [0, 0.1) is 11.3 Å². The second-order valence-corrected chi connectivity index (χ2v) is 4.50. The average molecular weight is 226 g/mol. The van der Waals surface area contributed by atoms with E-state index in [1.807, 2.05) is 0 Å². The number of rotatable bonds is 0. The number of ether oxygens (including phenoxy) is 1. The third kappa shape index (κ3) is 1.13. The molecule has 1 heterocycles. The molecule has 0 radical (unpaired) electrons. The summed E-state index contributed by atoms with van der Waals surface area (Å²) >= 11 is 0. The van der Waals surface area contributed by atoms with E-state index < -0.39 is 29.4 Å². The molecule has 2 rings (SSSR count). The van der Waals surface area contributed by atoms with Crippen molar-refractivity contribution < 1.29 is 24.5 Å². The standard InChI is InChI=1S/C11H14O5/c1-5-3-4-7(12)9(14)11(5)8(13)6(2)16-10(11)15/h5,8-9,13-14H,2-4H2,1H3/t5-,8+,9+,11-/m0/s1. The Balaban J connectivity index is 2.51. The minimum atomic E-state index is -1.55. The quantitative estimate of drug-likeness (QED) is 0.557. The molecule has 5 nitrogen and oxygen atoms in total. The van der Waals surface area contributed by atoms with E-state index in [4.69, 9.17) is 4.74 Å². The van der Waals surface area contributed by atoms with Crippen LogP contribution in [-0.4, -0.2) is 34.2 Å². The lowest BCUT2D eigenvalue weighted by Gasteiger charge is -2.40. The molecular weight excluding hydrogens is 212 g/mol. The van der Waals surface area contributed by atoms with E-state index in [1.54, 1.807) is 6.92 Å². The summed E-state index contributed by atoms with van der Waals surface area (Å²) in [6, 6.07) is 0. The number of carbonyl (C=O) groups excluding carboxylic acids is 2. The molecule has 0 aromatic rings. The van der Waals surface area contributed by atoms with Crippen molar-refractivity contribution in [1.82, 2.24) is 0 Å². The molecule has 5 heteroatoms. The van der Waals surface area contributed by atoms with Gasteiger partial charge in [0.1, 0.15) is 23.4 Å². The van der Waals surface area contributed by atoms with Gasteiger partial charge in [0.05, 0.1) is 0 Å². The molecule has 0 unspecified atom stereocenters. The summed E-state index contributed by atoms with van der Waals surface area (Å²) in [5.41, 5.74) is -1.55. The summed E-state index contributed by atoms with van der Waals surface area (Å²) in [5.74, 6) is -1.59. The van der Waals surface area contributed by atoms with E-state index in [0.29, 0.717) is 6.42 Å². The first-order valence-electron chi connectivity index (χ1n) is 5.22. The summed E-state index contributed by atoms with van der Waals surface area (Å²) in [5, 5.41) is 19.8. The minimum absolute atomic E-state index is 0.0920. The maximum Gasteiger partial charge on any atom is 0.323 e. The lowest BCUT2D eigenvalue weighted by atomic mass is 9.62. The number of carbonyl (C=O) groups is 2. The van der Waals surface area contributed by atoms with Gasteiger partial charge in [0.15, 0.2) is 5.78 Å². The number of hydrogen-bond acceptors (Lipinski definition) is 5. The van der Waals surface area contributed by atoms with Gasteiger partial charge in [-0.15, -0.1) is 0 Å². The van der Waals surface area contributed by atoms with Gasteiger partial charge in [-0.2, -0.15) is 0 Å². The van der Waals surface area contributed by atoms with Crippen LogP contribution in [0.1, 0.15) is 19.8 Å². The van der Waals surface area contributed by atoms with Crippen molar-refractivity contribution >= 4 is 11.8 Å². The summed E-state index contributed by atoms with van der Waals surface area (Å²) in [6.07, 6.45) is -2.14. The third-order valence-electron chi connectivity index (χ3n) is 3.73. The van der Waals surface area contributed by atoms with Crippen LogP contribution in [0.15, 0.2) is 12.3 Å². The van der Waals surface area contributed by atoms with Crippen molar-refractivity contribution in [2.45, 2.75) is 32.0 Å². The van der Waals surface area contributed by atoms with Crippen LogP contribution in [0.25, 0.3) is 0 Å². The highest BCUT2D eigenvalue weighted by Crippen LogP contribution is 2.49. The van der Waals surface area contributed by atoms with Crippen LogP contribution < -0.4 is 0 Å². The second-order valence-electron chi connectivity index (χ2n) is 4.50. The Morgan fingerprint density at radius 3 is 2.50 bits per heavy atom. The van der Waals surface area contributed by atoms with Gasteiger partial charge in [-0.3, -0.25) is 9.59 Å². The smallest absolute Gasteiger partial charge is 0.323 e. The molecular formula is C11H14O5. The number of cyclic esters (lactones) is 1. The van der Waals surface area contributed by atoms with Gasteiger partial charge in [-0.05, 0) is 12.3 Å². The SMILES string of the molecule is C=C1OC(=O)[C@@]2([C@@H]1O)[C@H](O)C(=O)CC[C@@H]2C. The second kappa shape index (κ2) is 3.40. The normalized spacial score (nSPS) is 43.9. The zero-order valence-electron chi connectivity index (χ0n) is 8.97. The molecule has 0 aromatic heterocycles. The first kappa shape index (κ1) is 11.3. The van der Waals surface area contributed by atoms with Crippen molar-refractivity contribution in [3.05, 3.63) is 12.3 Å². The first-order chi connectivity index (χ1) is 7.42. The average Bonchev–Trinajstić information content (AvgIpc) is 2.45. The lowest BCUT2D eigenvalue weighted by Crippen LogP contribution is -2.57. The maximum atomic E-state index is 11.8. The van der Waals surface area contributed by atoms with E-state index in [9.17, 15) is 19.8 Å². The number of esters is 1. The van der Waals surface area contributed by atoms with Crippen LogP contribution in [-0.2, 0) is 14.3 Å². The van der Waals surface area contributed by atoms with Crippen LogP contribution in [0.4, 0.5) is 0 Å². The monoisotopic (exact) mass is 226 g/mol.